The number of nitrogens with one attached hydrogen (secondary N) is 1. The first-order chi connectivity index (χ1) is 9.25. The molecule has 0 saturated heterocycles. The van der Waals surface area contributed by atoms with Gasteiger partial charge in [-0.1, -0.05) is 17.9 Å². The first-order valence-corrected chi connectivity index (χ1v) is 8.00. The number of rotatable bonds is 3. The standard InChI is InChI=1S/C14H18N2O3S/c1-10-6-7-12(5-4-8-15)9-13(10)16-14(17)11(2)20(3,18)19/h6-7,9,11H,8,15H2,1-3H3,(H,16,17). The molecule has 3 N–H and O–H groups in total. The predicted octanol–water partition coefficient (Wildman–Crippen LogP) is 0.677. The van der Waals surface area contributed by atoms with Crippen molar-refractivity contribution in [3.63, 3.8) is 0 Å². The summed E-state index contributed by atoms with van der Waals surface area (Å²) in [6.45, 7) is 3.43. The topological polar surface area (TPSA) is 89.3 Å². The molecule has 0 aliphatic rings. The van der Waals surface area contributed by atoms with E-state index in [9.17, 15) is 13.2 Å². The van der Waals surface area contributed by atoms with Crippen molar-refractivity contribution in [3.05, 3.63) is 29.3 Å². The van der Waals surface area contributed by atoms with E-state index >= 15 is 0 Å². The maximum Gasteiger partial charge on any atom is 0.242 e. The molecule has 0 bridgehead atoms. The molecule has 0 fully saturated rings. The number of benzene rings is 1. The van der Waals surface area contributed by atoms with Crippen LogP contribution in [-0.4, -0.2) is 32.4 Å². The lowest BCUT2D eigenvalue weighted by atomic mass is 10.1. The zero-order chi connectivity index (χ0) is 15.3. The van der Waals surface area contributed by atoms with Gasteiger partial charge in [-0.2, -0.15) is 0 Å². The lowest BCUT2D eigenvalue weighted by Crippen LogP contribution is -2.32. The summed E-state index contributed by atoms with van der Waals surface area (Å²) in [5.41, 5.74) is 7.40. The number of hydrogen-bond acceptors (Lipinski definition) is 4. The molecule has 0 aliphatic carbocycles. The number of amides is 1. The molecule has 1 atom stereocenters. The van der Waals surface area contributed by atoms with E-state index in [-0.39, 0.29) is 6.54 Å². The highest BCUT2D eigenvalue weighted by Crippen LogP contribution is 2.17. The lowest BCUT2D eigenvalue weighted by molar-refractivity contribution is -0.115. The molecule has 1 unspecified atom stereocenters. The largest absolute Gasteiger partial charge is 0.325 e. The fourth-order valence-corrected chi connectivity index (χ4v) is 1.86. The van der Waals surface area contributed by atoms with E-state index in [1.807, 2.05) is 13.0 Å². The van der Waals surface area contributed by atoms with Gasteiger partial charge in [0, 0.05) is 17.5 Å². The summed E-state index contributed by atoms with van der Waals surface area (Å²) < 4.78 is 22.7. The highest BCUT2D eigenvalue weighted by molar-refractivity contribution is 7.92. The van der Waals surface area contributed by atoms with Crippen molar-refractivity contribution in [2.24, 2.45) is 5.73 Å². The van der Waals surface area contributed by atoms with Gasteiger partial charge >= 0.3 is 0 Å². The summed E-state index contributed by atoms with van der Waals surface area (Å²) >= 11 is 0. The van der Waals surface area contributed by atoms with E-state index in [0.29, 0.717) is 11.3 Å². The number of nitrogens with two attached hydrogens (primary N) is 1. The highest BCUT2D eigenvalue weighted by atomic mass is 32.2. The number of carbonyl (C=O) groups excluding carboxylic acids is 1. The Kier molecular flexibility index (Phi) is 5.31. The van der Waals surface area contributed by atoms with Crippen LogP contribution < -0.4 is 11.1 Å². The zero-order valence-corrected chi connectivity index (χ0v) is 12.5. The van der Waals surface area contributed by atoms with Crippen molar-refractivity contribution in [1.82, 2.24) is 0 Å². The lowest BCUT2D eigenvalue weighted by Gasteiger charge is -2.12. The third kappa shape index (κ3) is 4.37. The Hall–Kier alpha value is -1.84. The van der Waals surface area contributed by atoms with E-state index in [4.69, 9.17) is 5.73 Å². The van der Waals surface area contributed by atoms with Crippen LogP contribution in [0, 0.1) is 18.8 Å². The summed E-state index contributed by atoms with van der Waals surface area (Å²) in [5.74, 6) is 5.02. The molecular formula is C14H18N2O3S. The van der Waals surface area contributed by atoms with Gasteiger partial charge in [-0.3, -0.25) is 4.79 Å². The Morgan fingerprint density at radius 2 is 2.10 bits per heavy atom. The van der Waals surface area contributed by atoms with Gasteiger partial charge in [-0.15, -0.1) is 0 Å². The summed E-state index contributed by atoms with van der Waals surface area (Å²) in [6, 6.07) is 5.32. The molecule has 1 amide bonds. The molecule has 1 aromatic rings. The van der Waals surface area contributed by atoms with E-state index in [1.165, 1.54) is 6.92 Å². The molecule has 0 spiro atoms. The zero-order valence-electron chi connectivity index (χ0n) is 11.7. The average Bonchev–Trinajstić information content (AvgIpc) is 2.37. The minimum Gasteiger partial charge on any atom is -0.325 e. The van der Waals surface area contributed by atoms with Crippen molar-refractivity contribution in [3.8, 4) is 11.8 Å². The smallest absolute Gasteiger partial charge is 0.242 e. The van der Waals surface area contributed by atoms with Crippen molar-refractivity contribution < 1.29 is 13.2 Å². The maximum absolute atomic E-state index is 11.9. The molecule has 108 valence electrons. The quantitative estimate of drug-likeness (QED) is 0.802. The van der Waals surface area contributed by atoms with Gasteiger partial charge in [0.1, 0.15) is 5.25 Å². The second-order valence-corrected chi connectivity index (χ2v) is 6.86. The monoisotopic (exact) mass is 294 g/mol. The summed E-state index contributed by atoms with van der Waals surface area (Å²) in [4.78, 5) is 11.9. The third-order valence-electron chi connectivity index (χ3n) is 2.84. The Bertz CT molecular complexity index is 669. The fraction of sp³-hybridized carbons (Fsp3) is 0.357. The van der Waals surface area contributed by atoms with E-state index in [0.717, 1.165) is 11.8 Å². The minimum absolute atomic E-state index is 0.251. The summed E-state index contributed by atoms with van der Waals surface area (Å²) in [5, 5.41) is 1.52. The van der Waals surface area contributed by atoms with Gasteiger partial charge in [0.15, 0.2) is 9.84 Å². The number of carbonyl (C=O) groups is 1. The van der Waals surface area contributed by atoms with Gasteiger partial charge in [0.2, 0.25) is 5.91 Å². The number of anilines is 1. The average molecular weight is 294 g/mol. The highest BCUT2D eigenvalue weighted by Gasteiger charge is 2.23. The SMILES string of the molecule is Cc1ccc(C#CCN)cc1NC(=O)C(C)S(C)(=O)=O. The Morgan fingerprint density at radius 1 is 1.45 bits per heavy atom. The van der Waals surface area contributed by atoms with Crippen molar-refractivity contribution >= 4 is 21.4 Å². The molecule has 0 radical (unpaired) electrons. The van der Waals surface area contributed by atoms with Crippen molar-refractivity contribution in [2.45, 2.75) is 19.1 Å². The molecule has 1 aromatic carbocycles. The molecule has 1 rings (SSSR count). The van der Waals surface area contributed by atoms with Crippen LogP contribution in [0.2, 0.25) is 0 Å². The normalized spacial score (nSPS) is 12.2. The van der Waals surface area contributed by atoms with Gasteiger partial charge in [0.05, 0.1) is 6.54 Å². The summed E-state index contributed by atoms with van der Waals surface area (Å²) in [6.07, 6.45) is 1.03. The molecule has 5 nitrogen and oxygen atoms in total. The Labute approximate surface area is 119 Å². The van der Waals surface area contributed by atoms with Gasteiger partial charge in [0.25, 0.3) is 0 Å². The number of sulfone groups is 1. The van der Waals surface area contributed by atoms with Crippen LogP contribution in [0.3, 0.4) is 0 Å². The second-order valence-electron chi connectivity index (χ2n) is 4.50. The van der Waals surface area contributed by atoms with Crippen LogP contribution in [0.5, 0.6) is 0 Å². The van der Waals surface area contributed by atoms with Crippen LogP contribution in [-0.2, 0) is 14.6 Å². The van der Waals surface area contributed by atoms with Crippen LogP contribution in [0.4, 0.5) is 5.69 Å². The second kappa shape index (κ2) is 6.55. The fourth-order valence-electron chi connectivity index (χ4n) is 1.42. The molecule has 0 heterocycles. The number of aryl methyl sites for hydroxylation is 1. The first-order valence-electron chi connectivity index (χ1n) is 6.05. The molecular weight excluding hydrogens is 276 g/mol. The van der Waals surface area contributed by atoms with Crippen LogP contribution >= 0.6 is 0 Å². The predicted molar refractivity (Wildman–Crippen MR) is 80.0 cm³/mol. The molecule has 0 aromatic heterocycles. The molecule has 0 saturated carbocycles. The van der Waals surface area contributed by atoms with Crippen LogP contribution in [0.15, 0.2) is 18.2 Å². The molecule has 20 heavy (non-hydrogen) atoms. The number of hydrogen-bond donors (Lipinski definition) is 2. The van der Waals surface area contributed by atoms with Crippen molar-refractivity contribution in [2.75, 3.05) is 18.1 Å². The van der Waals surface area contributed by atoms with Crippen LogP contribution in [0.1, 0.15) is 18.1 Å². The summed E-state index contributed by atoms with van der Waals surface area (Å²) in [7, 11) is -3.42. The maximum atomic E-state index is 11.9. The first kappa shape index (κ1) is 16.2. The van der Waals surface area contributed by atoms with E-state index in [1.54, 1.807) is 12.1 Å². The van der Waals surface area contributed by atoms with E-state index < -0.39 is 21.0 Å². The van der Waals surface area contributed by atoms with Gasteiger partial charge in [-0.25, -0.2) is 8.42 Å². The van der Waals surface area contributed by atoms with Crippen LogP contribution in [0.25, 0.3) is 0 Å². The Balaban J connectivity index is 3.00. The van der Waals surface area contributed by atoms with Crippen molar-refractivity contribution in [1.29, 1.82) is 0 Å². The van der Waals surface area contributed by atoms with Gasteiger partial charge < -0.3 is 11.1 Å². The third-order valence-corrected chi connectivity index (χ3v) is 4.34. The van der Waals surface area contributed by atoms with Gasteiger partial charge in [-0.05, 0) is 31.5 Å². The minimum atomic E-state index is -3.42. The molecule has 6 heteroatoms. The van der Waals surface area contributed by atoms with E-state index in [2.05, 4.69) is 17.2 Å². The Morgan fingerprint density at radius 3 is 2.65 bits per heavy atom. The molecule has 0 aliphatic heterocycles.